The van der Waals surface area contributed by atoms with Crippen molar-refractivity contribution in [3.05, 3.63) is 64.2 Å². The van der Waals surface area contributed by atoms with Gasteiger partial charge in [-0.2, -0.15) is 0 Å². The van der Waals surface area contributed by atoms with E-state index < -0.39 is 0 Å². The molecule has 2 aliphatic heterocycles. The predicted octanol–water partition coefficient (Wildman–Crippen LogP) is 4.59. The van der Waals surface area contributed by atoms with Crippen LogP contribution in [0.15, 0.2) is 58.8 Å². The molecule has 1 aromatic heterocycles. The number of aliphatic imine (C=N–C) groups is 1. The molecule has 1 unspecified atom stereocenters. The molecule has 6 heteroatoms. The van der Waals surface area contributed by atoms with Gasteiger partial charge in [0.05, 0.1) is 20.3 Å². The highest BCUT2D eigenvalue weighted by Gasteiger charge is 2.37. The first-order valence-electron chi connectivity index (χ1n) is 9.40. The maximum atomic E-state index is 5.53. The molecule has 1 aromatic carbocycles. The maximum absolute atomic E-state index is 5.53. The highest BCUT2D eigenvalue weighted by atomic mass is 32.1. The van der Waals surface area contributed by atoms with Gasteiger partial charge in [-0.15, -0.1) is 11.3 Å². The van der Waals surface area contributed by atoms with Crippen molar-refractivity contribution < 1.29 is 9.47 Å². The Morgan fingerprint density at radius 1 is 1.14 bits per heavy atom. The molecule has 0 saturated carbocycles. The first kappa shape index (κ1) is 18.8. The second kappa shape index (κ2) is 7.81. The number of rotatable bonds is 6. The van der Waals surface area contributed by atoms with E-state index in [2.05, 4.69) is 52.8 Å². The molecule has 0 saturated heterocycles. The topological polar surface area (TPSA) is 37.3 Å². The van der Waals surface area contributed by atoms with Crippen LogP contribution in [0.4, 0.5) is 0 Å². The number of allylic oxidation sites excluding steroid dienone is 1. The van der Waals surface area contributed by atoms with Crippen molar-refractivity contribution in [2.75, 3.05) is 20.8 Å². The summed E-state index contributed by atoms with van der Waals surface area (Å²) in [5.74, 6) is 2.46. The zero-order valence-electron chi connectivity index (χ0n) is 16.7. The number of hydrazine groups is 1. The van der Waals surface area contributed by atoms with E-state index >= 15 is 0 Å². The molecule has 146 valence electrons. The fourth-order valence-corrected chi connectivity index (χ4v) is 4.47. The lowest BCUT2D eigenvalue weighted by atomic mass is 9.99. The van der Waals surface area contributed by atoms with Gasteiger partial charge in [0.2, 0.25) is 0 Å². The van der Waals surface area contributed by atoms with Crippen LogP contribution >= 0.6 is 11.3 Å². The Balaban J connectivity index is 1.70. The fraction of sp³-hybridized carbons (Fsp3) is 0.318. The first-order valence-corrected chi connectivity index (χ1v) is 10.3. The van der Waals surface area contributed by atoms with E-state index in [1.165, 1.54) is 10.5 Å². The number of benzene rings is 1. The lowest BCUT2D eigenvalue weighted by Crippen LogP contribution is -2.40. The van der Waals surface area contributed by atoms with Crippen LogP contribution in [0.3, 0.4) is 0 Å². The summed E-state index contributed by atoms with van der Waals surface area (Å²) in [6, 6.07) is 10.6. The van der Waals surface area contributed by atoms with Crippen LogP contribution in [-0.2, 0) is 6.42 Å². The quantitative estimate of drug-likeness (QED) is 0.717. The zero-order chi connectivity index (χ0) is 19.7. The lowest BCUT2D eigenvalue weighted by Gasteiger charge is -2.32. The van der Waals surface area contributed by atoms with E-state index in [4.69, 9.17) is 14.5 Å². The SMILES string of the molecule is COc1ccc(C2=C3N=C(C)C=CN3N(CCc3cccs3)C2C)cc1OC. The molecular formula is C22H25N3O2S. The number of thiophene rings is 1. The third-order valence-corrected chi connectivity index (χ3v) is 6.14. The number of fused-ring (bicyclic) bond motifs is 1. The van der Waals surface area contributed by atoms with Gasteiger partial charge in [-0.3, -0.25) is 5.01 Å². The Labute approximate surface area is 170 Å². The highest BCUT2D eigenvalue weighted by molar-refractivity contribution is 7.09. The summed E-state index contributed by atoms with van der Waals surface area (Å²) >= 11 is 1.81. The monoisotopic (exact) mass is 395 g/mol. The van der Waals surface area contributed by atoms with E-state index in [9.17, 15) is 0 Å². The van der Waals surface area contributed by atoms with Crippen molar-refractivity contribution in [2.24, 2.45) is 4.99 Å². The van der Waals surface area contributed by atoms with E-state index in [0.29, 0.717) is 0 Å². The Morgan fingerprint density at radius 3 is 2.68 bits per heavy atom. The fourth-order valence-electron chi connectivity index (χ4n) is 3.77. The maximum Gasteiger partial charge on any atom is 0.161 e. The molecule has 5 nitrogen and oxygen atoms in total. The van der Waals surface area contributed by atoms with E-state index in [1.807, 2.05) is 30.4 Å². The Hall–Kier alpha value is -2.57. The molecule has 3 heterocycles. The van der Waals surface area contributed by atoms with Crippen molar-refractivity contribution in [1.82, 2.24) is 10.0 Å². The predicted molar refractivity (Wildman–Crippen MR) is 115 cm³/mol. The number of hydrogen-bond donors (Lipinski definition) is 0. The zero-order valence-corrected chi connectivity index (χ0v) is 17.5. The van der Waals surface area contributed by atoms with Gasteiger partial charge in [0.15, 0.2) is 17.3 Å². The van der Waals surface area contributed by atoms with Gasteiger partial charge in [-0.25, -0.2) is 10.0 Å². The average Bonchev–Trinajstić information content (AvgIpc) is 3.31. The molecule has 1 atom stereocenters. The van der Waals surface area contributed by atoms with Gasteiger partial charge in [-0.05, 0) is 55.5 Å². The van der Waals surface area contributed by atoms with E-state index in [-0.39, 0.29) is 6.04 Å². The Kier molecular flexibility index (Phi) is 5.24. The molecule has 2 aliphatic rings. The second-order valence-corrected chi connectivity index (χ2v) is 7.92. The minimum absolute atomic E-state index is 0.201. The number of hydrogen-bond acceptors (Lipinski definition) is 6. The molecule has 4 rings (SSSR count). The van der Waals surface area contributed by atoms with Crippen LogP contribution in [0.5, 0.6) is 11.5 Å². The van der Waals surface area contributed by atoms with E-state index in [0.717, 1.165) is 41.6 Å². The van der Waals surface area contributed by atoms with Crippen molar-refractivity contribution >= 4 is 22.6 Å². The molecule has 0 spiro atoms. The van der Waals surface area contributed by atoms with Crippen molar-refractivity contribution in [2.45, 2.75) is 26.3 Å². The standard InChI is InChI=1S/C22H25N3O2S/c1-15-9-11-25-22(23-15)21(17-7-8-19(26-3)20(14-17)27-4)16(2)24(25)12-10-18-6-5-13-28-18/h5-9,11,13-14,16H,10,12H2,1-4H3. The van der Waals surface area contributed by atoms with Crippen LogP contribution in [0.25, 0.3) is 5.57 Å². The summed E-state index contributed by atoms with van der Waals surface area (Å²) in [4.78, 5) is 6.27. The molecule has 0 amide bonds. The van der Waals surface area contributed by atoms with Gasteiger partial charge in [0.1, 0.15) is 0 Å². The molecule has 0 aliphatic carbocycles. The summed E-state index contributed by atoms with van der Waals surface area (Å²) in [5, 5.41) is 6.71. The van der Waals surface area contributed by atoms with Crippen LogP contribution in [0.2, 0.25) is 0 Å². The molecule has 0 fully saturated rings. The minimum Gasteiger partial charge on any atom is -0.493 e. The van der Waals surface area contributed by atoms with Crippen molar-refractivity contribution in [3.63, 3.8) is 0 Å². The highest BCUT2D eigenvalue weighted by Crippen LogP contribution is 2.41. The lowest BCUT2D eigenvalue weighted by molar-refractivity contribution is 0.0579. The third-order valence-electron chi connectivity index (χ3n) is 5.20. The van der Waals surface area contributed by atoms with Gasteiger partial charge in [0.25, 0.3) is 0 Å². The van der Waals surface area contributed by atoms with Crippen LogP contribution in [-0.4, -0.2) is 42.5 Å². The minimum atomic E-state index is 0.201. The number of ether oxygens (including phenoxy) is 2. The largest absolute Gasteiger partial charge is 0.493 e. The van der Waals surface area contributed by atoms with Gasteiger partial charge in [0, 0.05) is 28.9 Å². The molecule has 2 aromatic rings. The number of methoxy groups -OCH3 is 2. The molecule has 0 bridgehead atoms. The Bertz CT molecular complexity index is 947. The summed E-state index contributed by atoms with van der Waals surface area (Å²) in [6.45, 7) is 5.21. The van der Waals surface area contributed by atoms with Crippen molar-refractivity contribution in [3.8, 4) is 11.5 Å². The second-order valence-electron chi connectivity index (χ2n) is 6.89. The van der Waals surface area contributed by atoms with E-state index in [1.54, 1.807) is 14.2 Å². The van der Waals surface area contributed by atoms with Crippen LogP contribution < -0.4 is 9.47 Å². The van der Waals surface area contributed by atoms with Crippen molar-refractivity contribution in [1.29, 1.82) is 0 Å². The molecule has 28 heavy (non-hydrogen) atoms. The molecule has 0 radical (unpaired) electrons. The summed E-state index contributed by atoms with van der Waals surface area (Å²) < 4.78 is 10.9. The summed E-state index contributed by atoms with van der Waals surface area (Å²) in [6.07, 6.45) is 5.20. The van der Waals surface area contributed by atoms with Crippen LogP contribution in [0, 0.1) is 0 Å². The average molecular weight is 396 g/mol. The van der Waals surface area contributed by atoms with Gasteiger partial charge >= 0.3 is 0 Å². The number of nitrogens with zero attached hydrogens (tertiary/aromatic N) is 3. The molecular weight excluding hydrogens is 370 g/mol. The normalized spacial score (nSPS) is 19.1. The molecule has 0 N–H and O–H groups in total. The van der Waals surface area contributed by atoms with Crippen LogP contribution in [0.1, 0.15) is 24.3 Å². The van der Waals surface area contributed by atoms with Gasteiger partial charge in [-0.1, -0.05) is 12.1 Å². The summed E-state index contributed by atoms with van der Waals surface area (Å²) in [7, 11) is 3.33. The summed E-state index contributed by atoms with van der Waals surface area (Å²) in [5.41, 5.74) is 3.32. The third kappa shape index (κ3) is 3.34. The van der Waals surface area contributed by atoms with Gasteiger partial charge < -0.3 is 9.47 Å². The Morgan fingerprint density at radius 2 is 1.96 bits per heavy atom. The first-order chi connectivity index (χ1) is 13.6. The smallest absolute Gasteiger partial charge is 0.161 e.